The van der Waals surface area contributed by atoms with E-state index in [0.29, 0.717) is 19.4 Å². The van der Waals surface area contributed by atoms with Gasteiger partial charge in [-0.2, -0.15) is 0 Å². The molecule has 17 N–H and O–H groups in total. The van der Waals surface area contributed by atoms with Crippen molar-refractivity contribution in [1.29, 1.82) is 0 Å². The maximum Gasteiger partial charge on any atom is 0.244 e. The fourth-order valence-electron chi connectivity index (χ4n) is 10.7. The van der Waals surface area contributed by atoms with E-state index < -0.39 is 152 Å². The Morgan fingerprint density at radius 3 is 1.81 bits per heavy atom. The number of aliphatic hydroxyl groups is 14. The molecule has 1 saturated carbocycles. The fraction of sp³-hybridized carbons (Fsp3) is 0.629. The van der Waals surface area contributed by atoms with Gasteiger partial charge in [-0.3, -0.25) is 19.2 Å². The molecule has 23 heteroatoms. The molecule has 0 radical (unpaired) electrons. The summed E-state index contributed by atoms with van der Waals surface area (Å²) in [5.41, 5.74) is 5.46. The molecule has 93 heavy (non-hydrogen) atoms. The van der Waals surface area contributed by atoms with Gasteiger partial charge in [0.2, 0.25) is 5.91 Å². The topological polar surface area (TPSA) is 421 Å². The molecule has 1 aliphatic carbocycles. The summed E-state index contributed by atoms with van der Waals surface area (Å²) in [6.45, 7) is 7.15. The van der Waals surface area contributed by atoms with Crippen molar-refractivity contribution in [2.45, 2.75) is 253 Å². The molecule has 1 amide bonds. The first-order chi connectivity index (χ1) is 44.2. The predicted octanol–water partition coefficient (Wildman–Crippen LogP) is 2.37. The summed E-state index contributed by atoms with van der Waals surface area (Å²) >= 11 is 0. The third-order valence-electron chi connectivity index (χ3n) is 16.5. The first-order valence-electron chi connectivity index (χ1n) is 32.6. The van der Waals surface area contributed by atoms with Crippen LogP contribution in [-0.4, -0.2) is 223 Å². The number of ether oxygens (including phenoxy) is 3. The zero-order valence-corrected chi connectivity index (χ0v) is 54.2. The molecule has 3 rings (SSSR count). The van der Waals surface area contributed by atoms with E-state index in [1.807, 2.05) is 37.3 Å². The second kappa shape index (κ2) is 45.4. The molecule has 3 fully saturated rings. The summed E-state index contributed by atoms with van der Waals surface area (Å²) in [5.74, 6) is -3.06. The second-order valence-electron chi connectivity index (χ2n) is 24.7. The maximum absolute atomic E-state index is 13.6. The number of amides is 1. The standard InChI is InChI=1S/C70H108N2O21/c1-44(26-20-16-12-8-5-6-11-15-19-23-32-63(86)72-64-57(82)33-34-58(64)83)65(87)46(3)56(81)30-21-17-13-9-7-10-14-18-22-31-61(93-70-68(90)67(89)66(88)47(4)91-70)45(2)59(84)41-53(78)39-51(76)36-48(73)27-24-28-49(74)37-52(77)40-54(79)42-60(85)69-62(92-69)43-55(80)38-50(75)29-25-35-71/h5-11,13-15,17-24,26-27,30,32,44-56,60-62,64-70,73-81,85,87-90H,12,16,25,28-29,31,33-43,71H2,1-4H3,(H,72,86)/b8-5+,9-7?,11-6+,14-10?,17-13?,19-15?,22-18?,26-20?,27-24?,30-21?,32-23?. The lowest BCUT2D eigenvalue weighted by atomic mass is 9.88. The third-order valence-corrected chi connectivity index (χ3v) is 16.5. The van der Waals surface area contributed by atoms with Crippen LogP contribution in [0.25, 0.3) is 0 Å². The van der Waals surface area contributed by atoms with Gasteiger partial charge in [0, 0.05) is 62.4 Å². The smallest absolute Gasteiger partial charge is 0.244 e. The fourth-order valence-corrected chi connectivity index (χ4v) is 10.7. The average Bonchev–Trinajstić information content (AvgIpc) is 1.87. The van der Waals surface area contributed by atoms with Crippen LogP contribution in [-0.2, 0) is 33.4 Å². The van der Waals surface area contributed by atoms with Crippen molar-refractivity contribution < 1.29 is 105 Å². The number of nitrogens with two attached hydrogens (primary N) is 1. The molecule has 0 aromatic rings. The lowest BCUT2D eigenvalue weighted by molar-refractivity contribution is -0.306. The second-order valence-corrected chi connectivity index (χ2v) is 24.7. The lowest BCUT2D eigenvalue weighted by Gasteiger charge is -2.41. The van der Waals surface area contributed by atoms with E-state index >= 15 is 0 Å². The van der Waals surface area contributed by atoms with Gasteiger partial charge in [-0.15, -0.1) is 0 Å². The SMILES string of the molecule is CC(C=CCC/C=C/C=C/C=CC=CC(=O)NC1C(=O)CCC1=O)C(O)C(C)C(O)C=CC=CC=CC=CC=CCC(OC1OC(C)C(O)C(O)C1O)C(C)C(=O)CC(O)CC(O)CC(O)C=CCC(O)CC(O)CC(O)CC(O)C1OC1CC(O)CC(O)CCCN. The Hall–Kier alpha value is -5.10. The normalized spacial score (nSPS) is 26.2. The number of unbranched alkanes of at least 4 members (excludes halogenated alkanes) is 1. The average molecular weight is 1310 g/mol. The number of nitrogens with one attached hydrogen (secondary N) is 1. The van der Waals surface area contributed by atoms with E-state index in [9.17, 15) is 90.7 Å². The Morgan fingerprint density at radius 2 is 1.15 bits per heavy atom. The molecule has 0 aromatic heterocycles. The molecule has 22 atom stereocenters. The van der Waals surface area contributed by atoms with Gasteiger partial charge in [-0.1, -0.05) is 148 Å². The van der Waals surface area contributed by atoms with Crippen LogP contribution in [0.4, 0.5) is 0 Å². The molecule has 524 valence electrons. The van der Waals surface area contributed by atoms with Gasteiger partial charge in [0.1, 0.15) is 36.2 Å². The molecule has 0 spiro atoms. The monoisotopic (exact) mass is 1310 g/mol. The molecule has 0 aromatic carbocycles. The quantitative estimate of drug-likeness (QED) is 0.0104. The van der Waals surface area contributed by atoms with Crippen LogP contribution in [0.1, 0.15) is 130 Å². The minimum Gasteiger partial charge on any atom is -0.393 e. The van der Waals surface area contributed by atoms with Crippen LogP contribution >= 0.6 is 0 Å². The molecule has 0 bridgehead atoms. The summed E-state index contributed by atoms with van der Waals surface area (Å²) in [6.07, 6.45) is 19.4. The van der Waals surface area contributed by atoms with Gasteiger partial charge in [0.25, 0.3) is 0 Å². The van der Waals surface area contributed by atoms with Crippen LogP contribution in [0.5, 0.6) is 0 Å². The number of Topliss-reactive ketones (excluding diaryl/α,β-unsaturated/α-hetero) is 3. The van der Waals surface area contributed by atoms with Gasteiger partial charge in [-0.05, 0) is 77.7 Å². The van der Waals surface area contributed by atoms with E-state index in [2.05, 4.69) is 5.32 Å². The Kier molecular flexibility index (Phi) is 40.1. The summed E-state index contributed by atoms with van der Waals surface area (Å²) in [4.78, 5) is 48.8. The highest BCUT2D eigenvalue weighted by atomic mass is 16.7. The highest BCUT2D eigenvalue weighted by Gasteiger charge is 2.46. The van der Waals surface area contributed by atoms with Crippen molar-refractivity contribution >= 4 is 23.3 Å². The lowest BCUT2D eigenvalue weighted by Crippen LogP contribution is -2.58. The summed E-state index contributed by atoms with van der Waals surface area (Å²) < 4.78 is 17.2. The van der Waals surface area contributed by atoms with Crippen molar-refractivity contribution in [3.05, 3.63) is 134 Å². The largest absolute Gasteiger partial charge is 0.393 e. The number of carbonyl (C=O) groups is 4. The number of carbonyl (C=O) groups excluding carboxylic acids is 4. The molecule has 3 aliphatic rings. The molecular formula is C70H108N2O21. The molecule has 2 aliphatic heterocycles. The van der Waals surface area contributed by atoms with Crippen molar-refractivity contribution in [3.8, 4) is 0 Å². The van der Waals surface area contributed by atoms with Crippen LogP contribution in [0.3, 0.4) is 0 Å². The van der Waals surface area contributed by atoms with Gasteiger partial charge in [0.15, 0.2) is 17.9 Å². The minimum absolute atomic E-state index is 0.0153. The maximum atomic E-state index is 13.6. The number of rotatable bonds is 46. The number of hydrogen-bond acceptors (Lipinski definition) is 22. The molecule has 2 heterocycles. The van der Waals surface area contributed by atoms with Crippen molar-refractivity contribution in [2.24, 2.45) is 23.5 Å². The number of allylic oxidation sites excluding steroid dienone is 16. The van der Waals surface area contributed by atoms with E-state index in [-0.39, 0.29) is 88.1 Å². The molecule has 2 saturated heterocycles. The molecular weight excluding hydrogens is 1200 g/mol. The zero-order chi connectivity index (χ0) is 69.0. The Labute approximate surface area is 547 Å². The first-order valence-corrected chi connectivity index (χ1v) is 32.6. The summed E-state index contributed by atoms with van der Waals surface area (Å²) in [7, 11) is 0. The van der Waals surface area contributed by atoms with Crippen molar-refractivity contribution in [3.63, 3.8) is 0 Å². The van der Waals surface area contributed by atoms with Crippen LogP contribution in [0, 0.1) is 17.8 Å². The Bertz CT molecular complexity index is 2510. The third kappa shape index (κ3) is 33.4. The number of hydrogen-bond donors (Lipinski definition) is 16. The summed E-state index contributed by atoms with van der Waals surface area (Å²) in [6, 6.07) is -1.04. The van der Waals surface area contributed by atoms with Crippen molar-refractivity contribution in [2.75, 3.05) is 6.54 Å². The Balaban J connectivity index is 1.39. The predicted molar refractivity (Wildman–Crippen MR) is 350 cm³/mol. The van der Waals surface area contributed by atoms with Gasteiger partial charge in [0.05, 0.1) is 85.5 Å². The van der Waals surface area contributed by atoms with E-state index in [1.54, 1.807) is 92.8 Å². The van der Waals surface area contributed by atoms with Gasteiger partial charge in [-0.25, -0.2) is 0 Å². The zero-order valence-electron chi connectivity index (χ0n) is 54.2. The van der Waals surface area contributed by atoms with Crippen LogP contribution in [0.2, 0.25) is 0 Å². The van der Waals surface area contributed by atoms with Gasteiger partial charge >= 0.3 is 0 Å². The highest BCUT2D eigenvalue weighted by Crippen LogP contribution is 2.33. The van der Waals surface area contributed by atoms with E-state index in [1.165, 1.54) is 31.2 Å². The minimum atomic E-state index is -1.65. The van der Waals surface area contributed by atoms with Crippen molar-refractivity contribution in [1.82, 2.24) is 5.32 Å². The Morgan fingerprint density at radius 1 is 0.591 bits per heavy atom. The highest BCUT2D eigenvalue weighted by molar-refractivity contribution is 6.14. The number of aliphatic hydroxyl groups excluding tert-OH is 14. The first kappa shape index (κ1) is 82.1. The summed E-state index contributed by atoms with van der Waals surface area (Å²) in [5, 5.41) is 150. The molecule has 23 nitrogen and oxygen atoms in total. The van der Waals surface area contributed by atoms with Gasteiger partial charge < -0.3 is 96.8 Å². The van der Waals surface area contributed by atoms with Crippen LogP contribution < -0.4 is 11.1 Å². The number of epoxide rings is 1. The van der Waals surface area contributed by atoms with E-state index in [4.69, 9.17) is 19.9 Å². The number of ketones is 3. The van der Waals surface area contributed by atoms with E-state index in [0.717, 1.165) is 12.8 Å². The van der Waals surface area contributed by atoms with Crippen LogP contribution in [0.15, 0.2) is 134 Å². The molecule has 22 unspecified atom stereocenters.